The van der Waals surface area contributed by atoms with Crippen LogP contribution in [0.25, 0.3) is 5.57 Å². The van der Waals surface area contributed by atoms with Crippen molar-refractivity contribution in [1.29, 1.82) is 0 Å². The molecule has 0 aromatic heterocycles. The fourth-order valence-corrected chi connectivity index (χ4v) is 3.70. The summed E-state index contributed by atoms with van der Waals surface area (Å²) in [5.41, 5.74) is 1.97. The zero-order chi connectivity index (χ0) is 23.9. The Kier molecular flexibility index (Phi) is 5.47. The number of nitro benzene ring substituents is 1. The molecule has 1 aliphatic rings. The first-order valence-corrected chi connectivity index (χ1v) is 9.84. The molecular weight excluding hydrogens is 432 g/mol. The van der Waals surface area contributed by atoms with Gasteiger partial charge in [0.05, 0.1) is 16.2 Å². The minimum absolute atomic E-state index is 0.0428. The van der Waals surface area contributed by atoms with Gasteiger partial charge in [-0.15, -0.1) is 0 Å². The molecule has 0 bridgehead atoms. The van der Waals surface area contributed by atoms with Crippen molar-refractivity contribution in [1.82, 2.24) is 0 Å². The molecule has 1 aliphatic heterocycles. The van der Waals surface area contributed by atoms with Gasteiger partial charge in [-0.3, -0.25) is 19.7 Å². The van der Waals surface area contributed by atoms with E-state index >= 15 is 0 Å². The van der Waals surface area contributed by atoms with E-state index in [4.69, 9.17) is 0 Å². The summed E-state index contributed by atoms with van der Waals surface area (Å²) in [5, 5.41) is 13.7. The number of aryl methyl sites for hydroxylation is 2. The van der Waals surface area contributed by atoms with Gasteiger partial charge in [-0.1, -0.05) is 6.07 Å². The molecular formula is C24H17F2N3O4. The average molecular weight is 449 g/mol. The van der Waals surface area contributed by atoms with Gasteiger partial charge < -0.3 is 5.32 Å². The summed E-state index contributed by atoms with van der Waals surface area (Å²) in [6.07, 6.45) is 0. The number of benzene rings is 3. The summed E-state index contributed by atoms with van der Waals surface area (Å²) >= 11 is 0. The van der Waals surface area contributed by atoms with E-state index in [1.807, 2.05) is 19.9 Å². The third kappa shape index (κ3) is 4.08. The molecule has 3 aromatic rings. The van der Waals surface area contributed by atoms with E-state index in [0.29, 0.717) is 5.69 Å². The highest BCUT2D eigenvalue weighted by Crippen LogP contribution is 2.35. The minimum atomic E-state index is -1.12. The van der Waals surface area contributed by atoms with E-state index in [0.717, 1.165) is 28.2 Å². The van der Waals surface area contributed by atoms with Crippen LogP contribution in [-0.2, 0) is 9.59 Å². The lowest BCUT2D eigenvalue weighted by Crippen LogP contribution is -2.32. The topological polar surface area (TPSA) is 92.6 Å². The summed E-state index contributed by atoms with van der Waals surface area (Å²) in [5.74, 6) is -3.52. The summed E-state index contributed by atoms with van der Waals surface area (Å²) in [4.78, 5) is 38.2. The molecule has 1 N–H and O–H groups in total. The maximum atomic E-state index is 13.7. The number of nitrogens with zero attached hydrogens (tertiary/aromatic N) is 2. The monoisotopic (exact) mass is 449 g/mol. The van der Waals surface area contributed by atoms with Crippen LogP contribution in [0.2, 0.25) is 0 Å². The normalized spacial score (nSPS) is 13.6. The molecule has 0 radical (unpaired) electrons. The fraction of sp³-hybridized carbons (Fsp3) is 0.0833. The van der Waals surface area contributed by atoms with Gasteiger partial charge in [0.15, 0.2) is 11.6 Å². The minimum Gasteiger partial charge on any atom is -0.350 e. The first-order chi connectivity index (χ1) is 15.7. The molecule has 0 aliphatic carbocycles. The molecule has 0 saturated carbocycles. The predicted molar refractivity (Wildman–Crippen MR) is 118 cm³/mol. The molecule has 4 rings (SSSR count). The maximum absolute atomic E-state index is 13.7. The third-order valence-electron chi connectivity index (χ3n) is 5.10. The van der Waals surface area contributed by atoms with Crippen LogP contribution in [0.1, 0.15) is 16.7 Å². The van der Waals surface area contributed by atoms with Gasteiger partial charge in [-0.2, -0.15) is 0 Å². The van der Waals surface area contributed by atoms with Crippen LogP contribution in [0.4, 0.5) is 25.8 Å². The van der Waals surface area contributed by atoms with Crippen LogP contribution in [0, 0.1) is 35.6 Å². The Morgan fingerprint density at radius 3 is 2.06 bits per heavy atom. The number of amides is 2. The van der Waals surface area contributed by atoms with Crippen LogP contribution in [-0.4, -0.2) is 16.7 Å². The lowest BCUT2D eigenvalue weighted by molar-refractivity contribution is -0.384. The molecule has 3 aromatic carbocycles. The number of hydrogen-bond acceptors (Lipinski definition) is 5. The zero-order valence-electron chi connectivity index (χ0n) is 17.6. The van der Waals surface area contributed by atoms with Gasteiger partial charge in [0.2, 0.25) is 0 Å². The van der Waals surface area contributed by atoms with Gasteiger partial charge in [0.1, 0.15) is 5.70 Å². The van der Waals surface area contributed by atoms with Crippen molar-refractivity contribution >= 4 is 34.4 Å². The number of carbonyl (C=O) groups is 2. The molecule has 2 amide bonds. The van der Waals surface area contributed by atoms with Crippen molar-refractivity contribution in [2.75, 3.05) is 10.2 Å². The van der Waals surface area contributed by atoms with Crippen molar-refractivity contribution in [3.8, 4) is 0 Å². The standard InChI is InChI=1S/C24H17F2N3O4/c1-13-9-14(2)11-18(10-13)28-23(30)21(15-3-6-17(7-4-15)29(32)33)22(24(28)31)27-16-5-8-19(25)20(26)12-16/h3-12,27H,1-2H3. The molecule has 166 valence electrons. The van der Waals surface area contributed by atoms with E-state index in [-0.39, 0.29) is 28.2 Å². The van der Waals surface area contributed by atoms with Crippen LogP contribution < -0.4 is 10.2 Å². The molecule has 0 fully saturated rings. The van der Waals surface area contributed by atoms with E-state index in [1.54, 1.807) is 12.1 Å². The lowest BCUT2D eigenvalue weighted by atomic mass is 10.0. The zero-order valence-corrected chi connectivity index (χ0v) is 17.6. The molecule has 7 nitrogen and oxygen atoms in total. The number of anilines is 2. The third-order valence-corrected chi connectivity index (χ3v) is 5.10. The number of halogens is 2. The number of nitro groups is 1. The summed E-state index contributed by atoms with van der Waals surface area (Å²) < 4.78 is 27.1. The molecule has 0 spiro atoms. The van der Waals surface area contributed by atoms with Crippen molar-refractivity contribution in [2.45, 2.75) is 13.8 Å². The van der Waals surface area contributed by atoms with Crippen LogP contribution >= 0.6 is 0 Å². The van der Waals surface area contributed by atoms with E-state index in [2.05, 4.69) is 5.32 Å². The Hall–Kier alpha value is -4.40. The predicted octanol–water partition coefficient (Wildman–Crippen LogP) is 4.89. The van der Waals surface area contributed by atoms with Crippen molar-refractivity contribution < 1.29 is 23.3 Å². The van der Waals surface area contributed by atoms with E-state index in [1.165, 1.54) is 30.3 Å². The highest BCUT2D eigenvalue weighted by atomic mass is 19.2. The largest absolute Gasteiger partial charge is 0.350 e. The molecule has 9 heteroatoms. The maximum Gasteiger partial charge on any atom is 0.282 e. The Balaban J connectivity index is 1.84. The molecule has 0 saturated heterocycles. The van der Waals surface area contributed by atoms with Gasteiger partial charge in [-0.25, -0.2) is 13.7 Å². The second kappa shape index (κ2) is 8.27. The Bertz CT molecular complexity index is 1330. The first-order valence-electron chi connectivity index (χ1n) is 9.84. The number of non-ortho nitro benzene ring substituents is 1. The molecule has 1 heterocycles. The van der Waals surface area contributed by atoms with Crippen LogP contribution in [0.3, 0.4) is 0 Å². The lowest BCUT2D eigenvalue weighted by Gasteiger charge is -2.17. The Morgan fingerprint density at radius 1 is 0.848 bits per heavy atom. The van der Waals surface area contributed by atoms with E-state index < -0.39 is 28.4 Å². The first kappa shape index (κ1) is 21.8. The summed E-state index contributed by atoms with van der Waals surface area (Å²) in [6.45, 7) is 3.65. The average Bonchev–Trinajstić information content (AvgIpc) is 2.99. The van der Waals surface area contributed by atoms with Crippen molar-refractivity contribution in [2.24, 2.45) is 0 Å². The molecule has 0 atom stereocenters. The SMILES string of the molecule is Cc1cc(C)cc(N2C(=O)C(Nc3ccc(F)c(F)c3)=C(c3ccc([N+](=O)[O-])cc3)C2=O)c1. The summed E-state index contributed by atoms with van der Waals surface area (Å²) in [7, 11) is 0. The van der Waals surface area contributed by atoms with Crippen LogP contribution in [0.5, 0.6) is 0 Å². The number of hydrogen-bond donors (Lipinski definition) is 1. The van der Waals surface area contributed by atoms with Crippen LogP contribution in [0.15, 0.2) is 66.4 Å². The molecule has 0 unspecified atom stereocenters. The molecule has 33 heavy (non-hydrogen) atoms. The second-order valence-electron chi connectivity index (χ2n) is 7.60. The van der Waals surface area contributed by atoms with Gasteiger partial charge in [0, 0.05) is 23.9 Å². The highest BCUT2D eigenvalue weighted by Gasteiger charge is 2.40. The smallest absolute Gasteiger partial charge is 0.282 e. The van der Waals surface area contributed by atoms with E-state index in [9.17, 15) is 28.5 Å². The Labute approximate surface area is 187 Å². The van der Waals surface area contributed by atoms with Gasteiger partial charge >= 0.3 is 0 Å². The number of nitrogens with one attached hydrogen (secondary N) is 1. The van der Waals surface area contributed by atoms with Crippen molar-refractivity contribution in [3.63, 3.8) is 0 Å². The summed E-state index contributed by atoms with van der Waals surface area (Å²) in [6, 6.07) is 13.4. The quantitative estimate of drug-likeness (QED) is 0.340. The highest BCUT2D eigenvalue weighted by molar-refractivity contribution is 6.46. The number of imide groups is 1. The number of carbonyl (C=O) groups excluding carboxylic acids is 2. The Morgan fingerprint density at radius 2 is 1.48 bits per heavy atom. The fourth-order valence-electron chi connectivity index (χ4n) is 3.70. The van der Waals surface area contributed by atoms with Gasteiger partial charge in [-0.05, 0) is 66.9 Å². The number of rotatable bonds is 5. The second-order valence-corrected chi connectivity index (χ2v) is 7.60. The van der Waals surface area contributed by atoms with Crippen molar-refractivity contribution in [3.05, 3.63) is 105 Å². The van der Waals surface area contributed by atoms with Gasteiger partial charge in [0.25, 0.3) is 17.5 Å².